The fourth-order valence-corrected chi connectivity index (χ4v) is 3.51. The molecule has 0 aliphatic carbocycles. The first-order chi connectivity index (χ1) is 10.0. The summed E-state index contributed by atoms with van der Waals surface area (Å²) in [5, 5.41) is 3.26. The second kappa shape index (κ2) is 7.09. The number of hydrogen-bond acceptors (Lipinski definition) is 4. The first-order valence-electron chi connectivity index (χ1n) is 6.77. The number of aryl methyl sites for hydroxylation is 2. The van der Waals surface area contributed by atoms with Gasteiger partial charge in [-0.25, -0.2) is 4.79 Å². The second-order valence-electron chi connectivity index (χ2n) is 4.75. The predicted molar refractivity (Wildman–Crippen MR) is 90.9 cm³/mol. The highest BCUT2D eigenvalue weighted by Crippen LogP contribution is 2.33. The van der Waals surface area contributed by atoms with Crippen molar-refractivity contribution in [2.24, 2.45) is 0 Å². The molecule has 2 aromatic rings. The Labute approximate surface area is 137 Å². The van der Waals surface area contributed by atoms with Gasteiger partial charge in [-0.05, 0) is 54.9 Å². The summed E-state index contributed by atoms with van der Waals surface area (Å²) >= 11 is 5.09. The SMILES string of the molecule is CCOC(=O)C(Nc1ccc(C)cc1)c1cc(Br)c(C)s1. The number of nitrogens with one attached hydrogen (secondary N) is 1. The van der Waals surface area contributed by atoms with Crippen LogP contribution in [0.25, 0.3) is 0 Å². The molecular formula is C16H18BrNO2S. The summed E-state index contributed by atoms with van der Waals surface area (Å²) in [6, 6.07) is 9.46. The van der Waals surface area contributed by atoms with Crippen molar-refractivity contribution in [1.29, 1.82) is 0 Å². The summed E-state index contributed by atoms with van der Waals surface area (Å²) in [6.45, 7) is 6.24. The molecule has 0 saturated carbocycles. The van der Waals surface area contributed by atoms with E-state index in [1.165, 1.54) is 5.56 Å². The van der Waals surface area contributed by atoms with E-state index in [9.17, 15) is 4.79 Å². The third kappa shape index (κ3) is 4.08. The lowest BCUT2D eigenvalue weighted by Gasteiger charge is -2.17. The van der Waals surface area contributed by atoms with Gasteiger partial charge in [-0.15, -0.1) is 11.3 Å². The largest absolute Gasteiger partial charge is 0.464 e. The molecule has 5 heteroatoms. The lowest BCUT2D eigenvalue weighted by Crippen LogP contribution is -2.22. The Hall–Kier alpha value is -1.33. The van der Waals surface area contributed by atoms with E-state index in [0.29, 0.717) is 6.61 Å². The number of carbonyl (C=O) groups is 1. The van der Waals surface area contributed by atoms with Crippen LogP contribution in [0.15, 0.2) is 34.8 Å². The molecule has 0 spiro atoms. The maximum Gasteiger partial charge on any atom is 0.334 e. The molecule has 0 amide bonds. The number of hydrogen-bond donors (Lipinski definition) is 1. The minimum Gasteiger partial charge on any atom is -0.464 e. The number of anilines is 1. The van der Waals surface area contributed by atoms with Gasteiger partial charge in [-0.1, -0.05) is 17.7 Å². The van der Waals surface area contributed by atoms with Gasteiger partial charge in [-0.3, -0.25) is 0 Å². The third-order valence-electron chi connectivity index (χ3n) is 3.05. The van der Waals surface area contributed by atoms with E-state index in [1.807, 2.05) is 51.1 Å². The second-order valence-corrected chi connectivity index (χ2v) is 6.89. The normalized spacial score (nSPS) is 12.0. The number of ether oxygens (including phenoxy) is 1. The van der Waals surface area contributed by atoms with Crippen molar-refractivity contribution in [3.63, 3.8) is 0 Å². The Morgan fingerprint density at radius 3 is 2.52 bits per heavy atom. The zero-order valence-electron chi connectivity index (χ0n) is 12.3. The van der Waals surface area contributed by atoms with Crippen LogP contribution in [0, 0.1) is 13.8 Å². The molecule has 1 heterocycles. The van der Waals surface area contributed by atoms with E-state index in [-0.39, 0.29) is 5.97 Å². The minimum atomic E-state index is -0.484. The molecule has 1 N–H and O–H groups in total. The highest BCUT2D eigenvalue weighted by atomic mass is 79.9. The molecule has 21 heavy (non-hydrogen) atoms. The van der Waals surface area contributed by atoms with Gasteiger partial charge >= 0.3 is 5.97 Å². The van der Waals surface area contributed by atoms with Crippen molar-refractivity contribution in [2.45, 2.75) is 26.8 Å². The molecule has 0 fully saturated rings. The fraction of sp³-hybridized carbons (Fsp3) is 0.312. The quantitative estimate of drug-likeness (QED) is 0.768. The van der Waals surface area contributed by atoms with Crippen LogP contribution < -0.4 is 5.32 Å². The summed E-state index contributed by atoms with van der Waals surface area (Å²) in [5.74, 6) is -0.258. The Balaban J connectivity index is 2.27. The number of esters is 1. The number of rotatable bonds is 5. The standard InChI is InChI=1S/C16H18BrNO2S/c1-4-20-16(19)15(14-9-13(17)11(3)21-14)18-12-7-5-10(2)6-8-12/h5-9,15,18H,4H2,1-3H3. The molecule has 1 aromatic heterocycles. The molecule has 1 aromatic carbocycles. The molecule has 2 rings (SSSR count). The van der Waals surface area contributed by atoms with Gasteiger partial charge in [0.2, 0.25) is 0 Å². The van der Waals surface area contributed by atoms with Crippen molar-refractivity contribution in [1.82, 2.24) is 0 Å². The molecule has 3 nitrogen and oxygen atoms in total. The third-order valence-corrected chi connectivity index (χ3v) is 5.25. The van der Waals surface area contributed by atoms with E-state index < -0.39 is 6.04 Å². The van der Waals surface area contributed by atoms with Crippen LogP contribution >= 0.6 is 27.3 Å². The van der Waals surface area contributed by atoms with E-state index in [4.69, 9.17) is 4.74 Å². The number of benzene rings is 1. The molecule has 1 atom stereocenters. The van der Waals surface area contributed by atoms with Gasteiger partial charge < -0.3 is 10.1 Å². The van der Waals surface area contributed by atoms with Crippen LogP contribution in [-0.2, 0) is 9.53 Å². The summed E-state index contributed by atoms with van der Waals surface area (Å²) in [4.78, 5) is 14.3. The first kappa shape index (κ1) is 16.0. The highest BCUT2D eigenvalue weighted by molar-refractivity contribution is 9.10. The zero-order chi connectivity index (χ0) is 15.4. The molecule has 0 bridgehead atoms. The number of halogens is 1. The van der Waals surface area contributed by atoms with E-state index in [1.54, 1.807) is 11.3 Å². The molecular weight excluding hydrogens is 350 g/mol. The minimum absolute atomic E-state index is 0.258. The Bertz CT molecular complexity index is 602. The Morgan fingerprint density at radius 2 is 2.00 bits per heavy atom. The van der Waals surface area contributed by atoms with Gasteiger partial charge in [0.1, 0.15) is 0 Å². The molecule has 0 saturated heterocycles. The molecule has 0 radical (unpaired) electrons. The van der Waals surface area contributed by atoms with Crippen molar-refractivity contribution in [2.75, 3.05) is 11.9 Å². The van der Waals surface area contributed by atoms with Crippen LogP contribution in [0.5, 0.6) is 0 Å². The van der Waals surface area contributed by atoms with E-state index in [0.717, 1.165) is 19.9 Å². The van der Waals surface area contributed by atoms with Gasteiger partial charge in [0.15, 0.2) is 6.04 Å². The summed E-state index contributed by atoms with van der Waals surface area (Å²) in [7, 11) is 0. The van der Waals surface area contributed by atoms with Crippen molar-refractivity contribution >= 4 is 38.9 Å². The van der Waals surface area contributed by atoms with Gasteiger partial charge in [0.25, 0.3) is 0 Å². The smallest absolute Gasteiger partial charge is 0.334 e. The maximum atomic E-state index is 12.2. The summed E-state index contributed by atoms with van der Waals surface area (Å²) in [5.41, 5.74) is 2.09. The van der Waals surface area contributed by atoms with E-state index in [2.05, 4.69) is 21.2 Å². The zero-order valence-corrected chi connectivity index (χ0v) is 14.7. The van der Waals surface area contributed by atoms with Gasteiger partial charge in [-0.2, -0.15) is 0 Å². The maximum absolute atomic E-state index is 12.2. The Morgan fingerprint density at radius 1 is 1.33 bits per heavy atom. The van der Waals surface area contributed by atoms with Crippen LogP contribution in [0.4, 0.5) is 5.69 Å². The lowest BCUT2D eigenvalue weighted by molar-refractivity contribution is -0.144. The number of thiophene rings is 1. The molecule has 1 unspecified atom stereocenters. The molecule has 112 valence electrons. The number of carbonyl (C=O) groups excluding carboxylic acids is 1. The van der Waals surface area contributed by atoms with Crippen LogP contribution in [-0.4, -0.2) is 12.6 Å². The van der Waals surface area contributed by atoms with Crippen LogP contribution in [0.1, 0.15) is 28.3 Å². The van der Waals surface area contributed by atoms with Crippen molar-refractivity contribution < 1.29 is 9.53 Å². The topological polar surface area (TPSA) is 38.3 Å². The fourth-order valence-electron chi connectivity index (χ4n) is 1.91. The van der Waals surface area contributed by atoms with Crippen LogP contribution in [0.3, 0.4) is 0 Å². The van der Waals surface area contributed by atoms with Gasteiger partial charge in [0.05, 0.1) is 6.61 Å². The lowest BCUT2D eigenvalue weighted by atomic mass is 10.2. The first-order valence-corrected chi connectivity index (χ1v) is 8.38. The highest BCUT2D eigenvalue weighted by Gasteiger charge is 2.24. The Kier molecular flexibility index (Phi) is 5.42. The molecule has 0 aliphatic rings. The van der Waals surface area contributed by atoms with E-state index >= 15 is 0 Å². The molecule has 0 aliphatic heterocycles. The summed E-state index contributed by atoms with van der Waals surface area (Å²) in [6.07, 6.45) is 0. The predicted octanol–water partition coefficient (Wildman–Crippen LogP) is 4.84. The monoisotopic (exact) mass is 367 g/mol. The summed E-state index contributed by atoms with van der Waals surface area (Å²) < 4.78 is 6.21. The van der Waals surface area contributed by atoms with Crippen LogP contribution in [0.2, 0.25) is 0 Å². The van der Waals surface area contributed by atoms with Crippen molar-refractivity contribution in [3.05, 3.63) is 50.1 Å². The van der Waals surface area contributed by atoms with Gasteiger partial charge in [0, 0.05) is 19.9 Å². The van der Waals surface area contributed by atoms with Crippen molar-refractivity contribution in [3.8, 4) is 0 Å². The average molecular weight is 368 g/mol. The average Bonchev–Trinajstić information content (AvgIpc) is 2.78.